The Hall–Kier alpha value is -0.900. The Labute approximate surface area is 135 Å². The van der Waals surface area contributed by atoms with Gasteiger partial charge >= 0.3 is 0 Å². The number of unbranched alkanes of at least 4 members (excludes halogenated alkanes) is 7. The van der Waals surface area contributed by atoms with E-state index in [0.717, 1.165) is 24.7 Å². The van der Waals surface area contributed by atoms with E-state index in [-0.39, 0.29) is 6.04 Å². The van der Waals surface area contributed by atoms with Gasteiger partial charge < -0.3 is 9.84 Å². The van der Waals surface area contributed by atoms with Gasteiger partial charge in [0.1, 0.15) is 0 Å². The summed E-state index contributed by atoms with van der Waals surface area (Å²) < 4.78 is 5.14. The molecule has 0 aliphatic heterocycles. The molecular weight excluding hydrogens is 274 g/mol. The van der Waals surface area contributed by atoms with Gasteiger partial charge in [-0.15, -0.1) is 0 Å². The van der Waals surface area contributed by atoms with Crippen molar-refractivity contribution >= 4 is 0 Å². The van der Waals surface area contributed by atoms with Crippen LogP contribution in [0.5, 0.6) is 0 Å². The van der Waals surface area contributed by atoms with Crippen molar-refractivity contribution in [3.05, 3.63) is 11.7 Å². The third kappa shape index (κ3) is 6.91. The molecule has 0 saturated heterocycles. The van der Waals surface area contributed by atoms with E-state index in [2.05, 4.69) is 22.4 Å². The minimum absolute atomic E-state index is 0.287. The highest BCUT2D eigenvalue weighted by Crippen LogP contribution is 2.37. The monoisotopic (exact) mass is 307 g/mol. The van der Waals surface area contributed by atoms with Crippen LogP contribution in [0.3, 0.4) is 0 Å². The summed E-state index contributed by atoms with van der Waals surface area (Å²) in [7, 11) is 0. The smallest absolute Gasteiger partial charge is 0.223 e. The number of aryl methyl sites for hydroxylation is 1. The summed E-state index contributed by atoms with van der Waals surface area (Å²) in [5, 5.41) is 7.75. The first-order valence-electron chi connectivity index (χ1n) is 9.33. The third-order valence-corrected chi connectivity index (χ3v) is 4.54. The van der Waals surface area contributed by atoms with Crippen molar-refractivity contribution in [2.24, 2.45) is 5.92 Å². The zero-order valence-corrected chi connectivity index (χ0v) is 14.4. The number of aromatic nitrogens is 2. The highest BCUT2D eigenvalue weighted by atomic mass is 16.5. The topological polar surface area (TPSA) is 51.0 Å². The molecule has 0 unspecified atom stereocenters. The van der Waals surface area contributed by atoms with Crippen LogP contribution in [0.15, 0.2) is 4.52 Å². The largest absolute Gasteiger partial charge is 0.340 e. The Morgan fingerprint density at radius 1 is 1.09 bits per heavy atom. The van der Waals surface area contributed by atoms with E-state index in [9.17, 15) is 0 Å². The average Bonchev–Trinajstić information content (AvgIpc) is 3.23. The van der Waals surface area contributed by atoms with Gasteiger partial charge in [0.2, 0.25) is 5.89 Å². The van der Waals surface area contributed by atoms with Gasteiger partial charge in [-0.2, -0.15) is 4.98 Å². The van der Waals surface area contributed by atoms with E-state index in [1.807, 2.05) is 6.92 Å². The summed E-state index contributed by atoms with van der Waals surface area (Å²) >= 11 is 0. The third-order valence-electron chi connectivity index (χ3n) is 4.54. The second-order valence-corrected chi connectivity index (χ2v) is 6.83. The van der Waals surface area contributed by atoms with Gasteiger partial charge in [-0.3, -0.25) is 0 Å². The molecule has 1 aromatic heterocycles. The predicted octanol–water partition coefficient (Wildman–Crippen LogP) is 4.95. The van der Waals surface area contributed by atoms with E-state index < -0.39 is 0 Å². The first kappa shape index (κ1) is 17.5. The van der Waals surface area contributed by atoms with Crippen LogP contribution in [0.1, 0.15) is 95.3 Å². The van der Waals surface area contributed by atoms with Crippen LogP contribution in [0.25, 0.3) is 0 Å². The van der Waals surface area contributed by atoms with Crippen LogP contribution >= 0.6 is 0 Å². The van der Waals surface area contributed by atoms with Crippen molar-refractivity contribution < 1.29 is 4.52 Å². The Balaban J connectivity index is 1.56. The van der Waals surface area contributed by atoms with Crippen molar-refractivity contribution in [1.29, 1.82) is 0 Å². The Bertz CT molecular complexity index is 401. The summed E-state index contributed by atoms with van der Waals surface area (Å²) in [6.45, 7) is 5.21. The molecule has 22 heavy (non-hydrogen) atoms. The van der Waals surface area contributed by atoms with E-state index in [4.69, 9.17) is 4.52 Å². The molecular formula is C18H33N3O. The molecule has 1 atom stereocenters. The molecule has 1 N–H and O–H groups in total. The standard InChI is InChI=1S/C18H33N3O/c1-3-4-5-6-7-8-9-10-13-19-17(14-16-11-12-16)18-20-15(2)22-21-18/h16-17,19H,3-14H2,1-2H3/t17-/m0/s1. The number of rotatable bonds is 13. The van der Waals surface area contributed by atoms with Crippen LogP contribution in [0.2, 0.25) is 0 Å². The maximum absolute atomic E-state index is 5.14. The molecule has 1 aromatic rings. The maximum Gasteiger partial charge on any atom is 0.223 e. The van der Waals surface area contributed by atoms with Gasteiger partial charge in [-0.25, -0.2) is 0 Å². The fourth-order valence-corrected chi connectivity index (χ4v) is 2.96. The fourth-order valence-electron chi connectivity index (χ4n) is 2.96. The second-order valence-electron chi connectivity index (χ2n) is 6.83. The highest BCUT2D eigenvalue weighted by Gasteiger charge is 2.28. The molecule has 0 aromatic carbocycles. The normalized spacial score (nSPS) is 16.1. The summed E-state index contributed by atoms with van der Waals surface area (Å²) in [6.07, 6.45) is 14.8. The average molecular weight is 307 g/mol. The van der Waals surface area contributed by atoms with Crippen molar-refractivity contribution in [1.82, 2.24) is 15.5 Å². The molecule has 1 heterocycles. The minimum Gasteiger partial charge on any atom is -0.340 e. The van der Waals surface area contributed by atoms with E-state index in [0.29, 0.717) is 5.89 Å². The van der Waals surface area contributed by atoms with Crippen LogP contribution in [-0.2, 0) is 0 Å². The van der Waals surface area contributed by atoms with Crippen molar-refractivity contribution in [3.63, 3.8) is 0 Å². The lowest BCUT2D eigenvalue weighted by Crippen LogP contribution is -2.24. The summed E-state index contributed by atoms with van der Waals surface area (Å²) in [5.74, 6) is 2.39. The Morgan fingerprint density at radius 2 is 1.77 bits per heavy atom. The van der Waals surface area contributed by atoms with E-state index in [1.165, 1.54) is 64.2 Å². The van der Waals surface area contributed by atoms with Gasteiger partial charge in [-0.1, -0.05) is 69.9 Å². The van der Waals surface area contributed by atoms with Crippen LogP contribution < -0.4 is 5.32 Å². The Kier molecular flexibility index (Phi) is 7.92. The second kappa shape index (κ2) is 9.98. The summed E-state index contributed by atoms with van der Waals surface area (Å²) in [5.41, 5.74) is 0. The Morgan fingerprint density at radius 3 is 2.36 bits per heavy atom. The molecule has 0 spiro atoms. The number of hydrogen-bond donors (Lipinski definition) is 1. The molecule has 1 saturated carbocycles. The molecule has 2 rings (SSSR count). The molecule has 0 bridgehead atoms. The van der Waals surface area contributed by atoms with Crippen molar-refractivity contribution in [2.75, 3.05) is 6.54 Å². The fraction of sp³-hybridized carbons (Fsp3) is 0.889. The number of nitrogens with zero attached hydrogens (tertiary/aromatic N) is 2. The zero-order valence-electron chi connectivity index (χ0n) is 14.4. The molecule has 1 fully saturated rings. The molecule has 0 amide bonds. The van der Waals surface area contributed by atoms with E-state index in [1.54, 1.807) is 0 Å². The van der Waals surface area contributed by atoms with Gasteiger partial charge in [-0.05, 0) is 25.3 Å². The predicted molar refractivity (Wildman–Crippen MR) is 89.7 cm³/mol. The maximum atomic E-state index is 5.14. The number of nitrogens with one attached hydrogen (secondary N) is 1. The molecule has 126 valence electrons. The van der Waals surface area contributed by atoms with Gasteiger partial charge in [0.15, 0.2) is 5.82 Å². The van der Waals surface area contributed by atoms with Crippen LogP contribution in [0, 0.1) is 12.8 Å². The quantitative estimate of drug-likeness (QED) is 0.524. The number of hydrogen-bond acceptors (Lipinski definition) is 4. The minimum atomic E-state index is 0.287. The molecule has 0 radical (unpaired) electrons. The van der Waals surface area contributed by atoms with Crippen LogP contribution in [0.4, 0.5) is 0 Å². The lowest BCUT2D eigenvalue weighted by molar-refractivity contribution is 0.368. The molecule has 1 aliphatic rings. The van der Waals surface area contributed by atoms with Crippen molar-refractivity contribution in [2.45, 2.75) is 90.5 Å². The first-order valence-corrected chi connectivity index (χ1v) is 9.33. The molecule has 4 nitrogen and oxygen atoms in total. The first-order chi connectivity index (χ1) is 10.8. The van der Waals surface area contributed by atoms with Crippen LogP contribution in [-0.4, -0.2) is 16.7 Å². The molecule has 4 heteroatoms. The van der Waals surface area contributed by atoms with Gasteiger partial charge in [0.05, 0.1) is 6.04 Å². The van der Waals surface area contributed by atoms with E-state index >= 15 is 0 Å². The SMILES string of the molecule is CCCCCCCCCCN[C@@H](CC1CC1)c1noc(C)n1. The summed E-state index contributed by atoms with van der Waals surface area (Å²) in [6, 6.07) is 0.287. The zero-order chi connectivity index (χ0) is 15.6. The highest BCUT2D eigenvalue weighted by molar-refractivity contribution is 4.96. The molecule has 1 aliphatic carbocycles. The lowest BCUT2D eigenvalue weighted by atomic mass is 10.1. The van der Waals surface area contributed by atoms with Crippen molar-refractivity contribution in [3.8, 4) is 0 Å². The van der Waals surface area contributed by atoms with Gasteiger partial charge in [0.25, 0.3) is 0 Å². The van der Waals surface area contributed by atoms with Gasteiger partial charge in [0, 0.05) is 6.92 Å². The lowest BCUT2D eigenvalue weighted by Gasteiger charge is -2.14. The summed E-state index contributed by atoms with van der Waals surface area (Å²) in [4.78, 5) is 4.41.